The molecule has 0 aromatic carbocycles. The lowest BCUT2D eigenvalue weighted by Gasteiger charge is -2.36. The number of carbonyl (C=O) groups excluding carboxylic acids is 1. The van der Waals surface area contributed by atoms with E-state index < -0.39 is 18.0 Å². The maximum Gasteiger partial charge on any atom is 0.285 e. The van der Waals surface area contributed by atoms with Crippen molar-refractivity contribution in [1.29, 1.82) is 0 Å². The van der Waals surface area contributed by atoms with Gasteiger partial charge >= 0.3 is 0 Å². The molecule has 7 nitrogen and oxygen atoms in total. The predicted octanol–water partition coefficient (Wildman–Crippen LogP) is 4.06. The summed E-state index contributed by atoms with van der Waals surface area (Å²) in [7, 11) is 0. The lowest BCUT2D eigenvalue weighted by atomic mass is 9.69. The fraction of sp³-hybridized carbons (Fsp3) is 0.444. The molecule has 0 atom stereocenters. The van der Waals surface area contributed by atoms with Crippen molar-refractivity contribution in [3.63, 3.8) is 0 Å². The van der Waals surface area contributed by atoms with Gasteiger partial charge in [-0.3, -0.25) is 10.1 Å². The molecule has 0 spiro atoms. The van der Waals surface area contributed by atoms with Gasteiger partial charge in [-0.1, -0.05) is 13.8 Å². The van der Waals surface area contributed by atoms with E-state index in [-0.39, 0.29) is 23.3 Å². The Morgan fingerprint density at radius 3 is 2.85 bits per heavy atom. The van der Waals surface area contributed by atoms with Crippen LogP contribution in [0.15, 0.2) is 29.1 Å². The summed E-state index contributed by atoms with van der Waals surface area (Å²) in [5.74, 6) is 0.415. The second-order valence-corrected chi connectivity index (χ2v) is 7.14. The fourth-order valence-corrected chi connectivity index (χ4v) is 3.33. The molecule has 4 rings (SSSR count). The van der Waals surface area contributed by atoms with Crippen LogP contribution < -0.4 is 5.32 Å². The number of aromatic nitrogens is 4. The van der Waals surface area contributed by atoms with Gasteiger partial charge in [0.25, 0.3) is 12.3 Å². The van der Waals surface area contributed by atoms with Gasteiger partial charge < -0.3 is 4.42 Å². The summed E-state index contributed by atoms with van der Waals surface area (Å²) < 4.78 is 33.7. The van der Waals surface area contributed by atoms with Gasteiger partial charge in [0.05, 0.1) is 6.20 Å². The summed E-state index contributed by atoms with van der Waals surface area (Å²) in [4.78, 5) is 20.6. The third-order valence-electron chi connectivity index (χ3n) is 5.09. The number of amides is 1. The molecule has 0 aliphatic heterocycles. The minimum absolute atomic E-state index is 0.0131. The first-order valence-electron chi connectivity index (χ1n) is 8.82. The standard InChI is InChI=1S/C18H19F2N5O2/c1-9(2)10-6-11(7-10)17-23-13(14(19)20)18(27-17)24-16(26)12-8-22-25-5-3-4-21-15(12)25/h3-5,8-11,14H,6-7H2,1-2H3,(H,24,26). The van der Waals surface area contributed by atoms with Gasteiger partial charge in [0, 0.05) is 18.3 Å². The quantitative estimate of drug-likeness (QED) is 0.727. The Balaban J connectivity index is 1.57. The Hall–Kier alpha value is -2.84. The molecule has 1 fully saturated rings. The normalized spacial score (nSPS) is 19.6. The summed E-state index contributed by atoms with van der Waals surface area (Å²) in [5, 5.41) is 6.42. The summed E-state index contributed by atoms with van der Waals surface area (Å²) in [6, 6.07) is 1.67. The number of alkyl halides is 2. The van der Waals surface area contributed by atoms with Crippen molar-refractivity contribution in [2.45, 2.75) is 39.0 Å². The number of oxazole rings is 1. The van der Waals surface area contributed by atoms with Gasteiger partial charge in [0.2, 0.25) is 11.8 Å². The van der Waals surface area contributed by atoms with Crippen molar-refractivity contribution in [3.05, 3.63) is 41.8 Å². The van der Waals surface area contributed by atoms with E-state index in [1.165, 1.54) is 16.9 Å². The first-order valence-corrected chi connectivity index (χ1v) is 8.82. The number of hydrogen-bond acceptors (Lipinski definition) is 5. The van der Waals surface area contributed by atoms with Crippen LogP contribution in [-0.2, 0) is 0 Å². The van der Waals surface area contributed by atoms with Gasteiger partial charge in [-0.15, -0.1) is 0 Å². The van der Waals surface area contributed by atoms with Crippen molar-refractivity contribution >= 4 is 17.4 Å². The molecule has 27 heavy (non-hydrogen) atoms. The molecule has 1 amide bonds. The van der Waals surface area contributed by atoms with Crippen LogP contribution in [0.2, 0.25) is 0 Å². The molecular weight excluding hydrogens is 356 g/mol. The minimum atomic E-state index is -2.85. The van der Waals surface area contributed by atoms with E-state index in [9.17, 15) is 13.6 Å². The number of anilines is 1. The minimum Gasteiger partial charge on any atom is -0.424 e. The van der Waals surface area contributed by atoms with E-state index in [0.29, 0.717) is 17.5 Å². The van der Waals surface area contributed by atoms with Crippen molar-refractivity contribution in [3.8, 4) is 0 Å². The van der Waals surface area contributed by atoms with E-state index in [1.54, 1.807) is 12.3 Å². The summed E-state index contributed by atoms with van der Waals surface area (Å²) in [6.07, 6.45) is 3.35. The number of fused-ring (bicyclic) bond motifs is 1. The summed E-state index contributed by atoms with van der Waals surface area (Å²) in [5.41, 5.74) is -0.0554. The smallest absolute Gasteiger partial charge is 0.285 e. The Morgan fingerprint density at radius 2 is 2.15 bits per heavy atom. The van der Waals surface area contributed by atoms with Crippen LogP contribution in [0.4, 0.5) is 14.7 Å². The molecule has 0 saturated heterocycles. The molecule has 1 aliphatic carbocycles. The van der Waals surface area contributed by atoms with Crippen LogP contribution in [0.1, 0.15) is 61.0 Å². The molecule has 1 N–H and O–H groups in total. The van der Waals surface area contributed by atoms with Crippen LogP contribution in [0.25, 0.3) is 5.65 Å². The number of halogens is 2. The van der Waals surface area contributed by atoms with Crippen LogP contribution in [0, 0.1) is 11.8 Å². The van der Waals surface area contributed by atoms with E-state index in [1.807, 2.05) is 0 Å². The SMILES string of the molecule is CC(C)C1CC(c2nc(C(F)F)c(NC(=O)c3cnn4cccnc34)o2)C1. The van der Waals surface area contributed by atoms with Crippen molar-refractivity contribution in [1.82, 2.24) is 19.6 Å². The van der Waals surface area contributed by atoms with Crippen LogP contribution in [-0.4, -0.2) is 25.5 Å². The predicted molar refractivity (Wildman–Crippen MR) is 92.7 cm³/mol. The third-order valence-corrected chi connectivity index (χ3v) is 5.09. The van der Waals surface area contributed by atoms with Crippen molar-refractivity contribution < 1.29 is 18.0 Å². The van der Waals surface area contributed by atoms with Crippen molar-refractivity contribution in [2.75, 3.05) is 5.32 Å². The number of nitrogens with zero attached hydrogens (tertiary/aromatic N) is 4. The maximum absolute atomic E-state index is 13.4. The summed E-state index contributed by atoms with van der Waals surface area (Å²) >= 11 is 0. The molecule has 0 bridgehead atoms. The molecule has 9 heteroatoms. The average Bonchev–Trinajstić information content (AvgIpc) is 3.17. The second kappa shape index (κ2) is 6.71. The topological polar surface area (TPSA) is 85.3 Å². The van der Waals surface area contributed by atoms with Gasteiger partial charge in [0.1, 0.15) is 5.56 Å². The Morgan fingerprint density at radius 1 is 1.37 bits per heavy atom. The highest BCUT2D eigenvalue weighted by Gasteiger charge is 2.37. The van der Waals surface area contributed by atoms with Crippen LogP contribution in [0.3, 0.4) is 0 Å². The fourth-order valence-electron chi connectivity index (χ4n) is 3.33. The molecule has 3 aromatic heterocycles. The number of hydrogen-bond donors (Lipinski definition) is 1. The monoisotopic (exact) mass is 375 g/mol. The second-order valence-electron chi connectivity index (χ2n) is 7.14. The average molecular weight is 375 g/mol. The van der Waals surface area contributed by atoms with Gasteiger partial charge in [-0.25, -0.2) is 23.3 Å². The van der Waals surface area contributed by atoms with E-state index in [0.717, 1.165) is 12.8 Å². The molecule has 0 radical (unpaired) electrons. The highest BCUT2D eigenvalue weighted by atomic mass is 19.3. The lowest BCUT2D eigenvalue weighted by molar-refractivity contribution is 0.102. The first-order chi connectivity index (χ1) is 12.9. The van der Waals surface area contributed by atoms with Gasteiger partial charge in [-0.2, -0.15) is 5.10 Å². The number of nitrogens with one attached hydrogen (secondary N) is 1. The molecule has 0 unspecified atom stereocenters. The maximum atomic E-state index is 13.4. The Kier molecular flexibility index (Phi) is 4.37. The highest BCUT2D eigenvalue weighted by molar-refractivity contribution is 6.07. The Bertz CT molecular complexity index is 975. The van der Waals surface area contributed by atoms with Crippen molar-refractivity contribution in [2.24, 2.45) is 11.8 Å². The summed E-state index contributed by atoms with van der Waals surface area (Å²) in [6.45, 7) is 4.27. The molecule has 3 aromatic rings. The van der Waals surface area contributed by atoms with Gasteiger partial charge in [-0.05, 0) is 30.7 Å². The molecule has 1 aliphatic rings. The van der Waals surface area contributed by atoms with Crippen LogP contribution in [0.5, 0.6) is 0 Å². The zero-order valence-corrected chi connectivity index (χ0v) is 14.9. The third kappa shape index (κ3) is 3.17. The van der Waals surface area contributed by atoms with Gasteiger partial charge in [0.15, 0.2) is 11.3 Å². The number of rotatable bonds is 5. The van der Waals surface area contributed by atoms with E-state index >= 15 is 0 Å². The zero-order chi connectivity index (χ0) is 19.1. The van der Waals surface area contributed by atoms with Crippen LogP contribution >= 0.6 is 0 Å². The Labute approximate surface area is 153 Å². The zero-order valence-electron chi connectivity index (χ0n) is 14.9. The molecule has 1 saturated carbocycles. The first kappa shape index (κ1) is 17.6. The molecular formula is C18H19F2N5O2. The lowest BCUT2D eigenvalue weighted by Crippen LogP contribution is -2.26. The molecule has 3 heterocycles. The number of carbonyl (C=O) groups is 1. The molecule has 142 valence electrons. The van der Waals surface area contributed by atoms with E-state index in [4.69, 9.17) is 4.42 Å². The highest BCUT2D eigenvalue weighted by Crippen LogP contribution is 2.46. The largest absolute Gasteiger partial charge is 0.424 e. The van der Waals surface area contributed by atoms with E-state index in [2.05, 4.69) is 34.2 Å².